The van der Waals surface area contributed by atoms with Gasteiger partial charge in [-0.1, -0.05) is 0 Å². The van der Waals surface area contributed by atoms with Crippen LogP contribution in [0.15, 0.2) is 18.3 Å². The van der Waals surface area contributed by atoms with Crippen LogP contribution in [0.5, 0.6) is 0 Å². The van der Waals surface area contributed by atoms with Gasteiger partial charge in [-0.05, 0) is 37.6 Å². The Hall–Kier alpha value is -1.46. The molecule has 80 valence electrons. The smallest absolute Gasteiger partial charge is 0.166 e. The van der Waals surface area contributed by atoms with Crippen LogP contribution in [0.4, 0.5) is 0 Å². The second-order valence-corrected chi connectivity index (χ2v) is 3.58. The van der Waals surface area contributed by atoms with Gasteiger partial charge in [0.1, 0.15) is 6.10 Å². The molecule has 0 aliphatic carbocycles. The number of nitrogens with zero attached hydrogens (tertiary/aromatic N) is 3. The zero-order valence-corrected chi connectivity index (χ0v) is 8.59. The lowest BCUT2D eigenvalue weighted by Gasteiger charge is -2.06. The molecule has 0 radical (unpaired) electrons. The van der Waals surface area contributed by atoms with Gasteiger partial charge in [0.25, 0.3) is 0 Å². The first-order valence-electron chi connectivity index (χ1n) is 4.92. The predicted octanol–water partition coefficient (Wildman–Crippen LogP) is 0.420. The molecule has 2 aromatic heterocycles. The summed E-state index contributed by atoms with van der Waals surface area (Å²) in [5.74, 6) is 0.551. The second kappa shape index (κ2) is 3.96. The maximum Gasteiger partial charge on any atom is 0.166 e. The van der Waals surface area contributed by atoms with Crippen LogP contribution in [0.1, 0.15) is 23.9 Å². The van der Waals surface area contributed by atoms with E-state index < -0.39 is 6.10 Å². The standard InChI is InChI=1S/C10H14N4O/c1-7-3-5-14-9(6-7)12-13-10(14)8(15)2-4-11/h3,5-6,8,15H,2,4,11H2,1H3. The van der Waals surface area contributed by atoms with Gasteiger partial charge < -0.3 is 10.8 Å². The number of aromatic nitrogens is 3. The zero-order chi connectivity index (χ0) is 10.8. The molecular formula is C10H14N4O. The van der Waals surface area contributed by atoms with E-state index in [1.165, 1.54) is 0 Å². The van der Waals surface area contributed by atoms with E-state index in [4.69, 9.17) is 5.73 Å². The van der Waals surface area contributed by atoms with E-state index in [1.807, 2.05) is 25.3 Å². The Balaban J connectivity index is 2.44. The molecule has 0 aliphatic rings. The summed E-state index contributed by atoms with van der Waals surface area (Å²) in [6, 6.07) is 3.88. The molecule has 0 saturated heterocycles. The normalized spacial score (nSPS) is 13.3. The minimum atomic E-state index is -0.646. The molecule has 15 heavy (non-hydrogen) atoms. The highest BCUT2D eigenvalue weighted by molar-refractivity contribution is 5.40. The van der Waals surface area contributed by atoms with Crippen LogP contribution in [0, 0.1) is 6.92 Å². The van der Waals surface area contributed by atoms with Crippen LogP contribution in [0.3, 0.4) is 0 Å². The van der Waals surface area contributed by atoms with Crippen molar-refractivity contribution in [1.82, 2.24) is 14.6 Å². The summed E-state index contributed by atoms with van der Waals surface area (Å²) in [6.45, 7) is 2.42. The Kier molecular flexibility index (Phi) is 2.66. The predicted molar refractivity (Wildman–Crippen MR) is 56.4 cm³/mol. The lowest BCUT2D eigenvalue weighted by molar-refractivity contribution is 0.159. The molecule has 2 aromatic rings. The third-order valence-corrected chi connectivity index (χ3v) is 2.33. The Morgan fingerprint density at radius 1 is 1.53 bits per heavy atom. The second-order valence-electron chi connectivity index (χ2n) is 3.58. The molecule has 5 heteroatoms. The van der Waals surface area contributed by atoms with Crippen molar-refractivity contribution in [2.75, 3.05) is 6.54 Å². The minimum Gasteiger partial charge on any atom is -0.385 e. The van der Waals surface area contributed by atoms with E-state index in [1.54, 1.807) is 4.40 Å². The average molecular weight is 206 g/mol. The fraction of sp³-hybridized carbons (Fsp3) is 0.400. The topological polar surface area (TPSA) is 76.4 Å². The van der Waals surface area contributed by atoms with Crippen LogP contribution < -0.4 is 5.73 Å². The van der Waals surface area contributed by atoms with Crippen molar-refractivity contribution in [2.45, 2.75) is 19.4 Å². The monoisotopic (exact) mass is 206 g/mol. The number of nitrogens with two attached hydrogens (primary N) is 1. The molecule has 1 unspecified atom stereocenters. The van der Waals surface area contributed by atoms with Crippen molar-refractivity contribution in [3.8, 4) is 0 Å². The highest BCUT2D eigenvalue weighted by Gasteiger charge is 2.13. The lowest BCUT2D eigenvalue weighted by Crippen LogP contribution is -2.09. The average Bonchev–Trinajstić information content (AvgIpc) is 2.60. The van der Waals surface area contributed by atoms with Gasteiger partial charge in [-0.2, -0.15) is 0 Å². The number of hydrogen-bond acceptors (Lipinski definition) is 4. The number of hydrogen-bond donors (Lipinski definition) is 2. The number of aliphatic hydroxyl groups excluding tert-OH is 1. The van der Waals surface area contributed by atoms with Crippen molar-refractivity contribution in [3.63, 3.8) is 0 Å². The van der Waals surface area contributed by atoms with Crippen molar-refractivity contribution in [2.24, 2.45) is 5.73 Å². The summed E-state index contributed by atoms with van der Waals surface area (Å²) in [6.07, 6.45) is 1.71. The Bertz CT molecular complexity index is 465. The maximum atomic E-state index is 9.77. The highest BCUT2D eigenvalue weighted by Crippen LogP contribution is 2.15. The van der Waals surface area contributed by atoms with E-state index in [0.717, 1.165) is 11.2 Å². The van der Waals surface area contributed by atoms with E-state index in [9.17, 15) is 5.11 Å². The summed E-state index contributed by atoms with van der Waals surface area (Å²) >= 11 is 0. The molecule has 0 spiro atoms. The molecule has 2 rings (SSSR count). The van der Waals surface area contributed by atoms with Gasteiger partial charge in [0.05, 0.1) is 0 Å². The summed E-state index contributed by atoms with van der Waals surface area (Å²) in [4.78, 5) is 0. The largest absolute Gasteiger partial charge is 0.385 e. The molecule has 0 bridgehead atoms. The first-order chi connectivity index (χ1) is 7.22. The third kappa shape index (κ3) is 1.84. The van der Waals surface area contributed by atoms with Gasteiger partial charge >= 0.3 is 0 Å². The number of rotatable bonds is 3. The molecule has 0 amide bonds. The molecule has 1 atom stereocenters. The number of fused-ring (bicyclic) bond motifs is 1. The molecular weight excluding hydrogens is 192 g/mol. The molecule has 0 fully saturated rings. The van der Waals surface area contributed by atoms with Gasteiger partial charge in [-0.3, -0.25) is 4.40 Å². The van der Waals surface area contributed by atoms with Crippen LogP contribution in [0.2, 0.25) is 0 Å². The summed E-state index contributed by atoms with van der Waals surface area (Å²) in [5, 5.41) is 17.7. The van der Waals surface area contributed by atoms with Crippen molar-refractivity contribution in [3.05, 3.63) is 29.7 Å². The fourth-order valence-electron chi connectivity index (χ4n) is 1.53. The first-order valence-corrected chi connectivity index (χ1v) is 4.92. The van der Waals surface area contributed by atoms with Crippen molar-refractivity contribution < 1.29 is 5.11 Å². The lowest BCUT2D eigenvalue weighted by atomic mass is 10.2. The SMILES string of the molecule is Cc1ccn2c(C(O)CCN)nnc2c1. The summed E-state index contributed by atoms with van der Waals surface area (Å²) < 4.78 is 1.79. The van der Waals surface area contributed by atoms with E-state index >= 15 is 0 Å². The third-order valence-electron chi connectivity index (χ3n) is 2.33. The van der Waals surface area contributed by atoms with E-state index in [2.05, 4.69) is 10.2 Å². The van der Waals surface area contributed by atoms with Crippen LogP contribution in [-0.2, 0) is 0 Å². The molecule has 0 aliphatic heterocycles. The molecule has 5 nitrogen and oxygen atoms in total. The molecule has 0 aromatic carbocycles. The highest BCUT2D eigenvalue weighted by atomic mass is 16.3. The Labute approximate surface area is 87.6 Å². The number of pyridine rings is 1. The van der Waals surface area contributed by atoms with Gasteiger partial charge in [0.2, 0.25) is 0 Å². The Morgan fingerprint density at radius 3 is 3.07 bits per heavy atom. The maximum absolute atomic E-state index is 9.77. The van der Waals surface area contributed by atoms with Gasteiger partial charge in [-0.25, -0.2) is 0 Å². The van der Waals surface area contributed by atoms with Crippen molar-refractivity contribution in [1.29, 1.82) is 0 Å². The quantitative estimate of drug-likeness (QED) is 0.763. The van der Waals surface area contributed by atoms with Gasteiger partial charge in [0, 0.05) is 6.20 Å². The minimum absolute atomic E-state index is 0.432. The Morgan fingerprint density at radius 2 is 2.33 bits per heavy atom. The summed E-state index contributed by atoms with van der Waals surface area (Å²) in [7, 11) is 0. The van der Waals surface area contributed by atoms with E-state index in [0.29, 0.717) is 18.8 Å². The van der Waals surface area contributed by atoms with Crippen molar-refractivity contribution >= 4 is 5.65 Å². The molecule has 3 N–H and O–H groups in total. The van der Waals surface area contributed by atoms with Crippen LogP contribution in [-0.4, -0.2) is 26.2 Å². The van der Waals surface area contributed by atoms with Gasteiger partial charge in [-0.15, -0.1) is 10.2 Å². The van der Waals surface area contributed by atoms with E-state index in [-0.39, 0.29) is 0 Å². The van der Waals surface area contributed by atoms with Gasteiger partial charge in [0.15, 0.2) is 11.5 Å². The number of aryl methyl sites for hydroxylation is 1. The fourth-order valence-corrected chi connectivity index (χ4v) is 1.53. The van der Waals surface area contributed by atoms with Crippen LogP contribution >= 0.6 is 0 Å². The first kappa shape index (κ1) is 10.1. The number of aliphatic hydroxyl groups is 1. The zero-order valence-electron chi connectivity index (χ0n) is 8.59. The van der Waals surface area contributed by atoms with Crippen LogP contribution in [0.25, 0.3) is 5.65 Å². The molecule has 2 heterocycles. The summed E-state index contributed by atoms with van der Waals surface area (Å²) in [5.41, 5.74) is 7.26. The molecule has 0 saturated carbocycles.